The van der Waals surface area contributed by atoms with Crippen molar-refractivity contribution in [2.24, 2.45) is 5.41 Å². The summed E-state index contributed by atoms with van der Waals surface area (Å²) in [5, 5.41) is 0. The highest BCUT2D eigenvalue weighted by Crippen LogP contribution is 2.48. The van der Waals surface area contributed by atoms with Crippen LogP contribution >= 0.6 is 0 Å². The fourth-order valence-electron chi connectivity index (χ4n) is 3.29. The van der Waals surface area contributed by atoms with E-state index in [9.17, 15) is 14.4 Å². The molecule has 2 aliphatic rings. The molecule has 25 heavy (non-hydrogen) atoms. The highest BCUT2D eigenvalue weighted by atomic mass is 16.2. The molecule has 1 saturated heterocycles. The van der Waals surface area contributed by atoms with E-state index in [0.29, 0.717) is 45.6 Å². The third-order valence-electron chi connectivity index (χ3n) is 5.15. The molecule has 0 unspecified atom stereocenters. The van der Waals surface area contributed by atoms with Crippen molar-refractivity contribution < 1.29 is 14.4 Å². The molecular weight excluding hydrogens is 320 g/mol. The largest absolute Gasteiger partial charge is 0.344 e. The Kier molecular flexibility index (Phi) is 5.01. The summed E-state index contributed by atoms with van der Waals surface area (Å²) in [4.78, 5) is 45.6. The maximum atomic E-state index is 12.9. The molecule has 1 aromatic heterocycles. The van der Waals surface area contributed by atoms with Crippen molar-refractivity contribution in [2.75, 3.05) is 39.8 Å². The smallest absolute Gasteiger partial charge is 0.238 e. The molecule has 1 aliphatic heterocycles. The van der Waals surface area contributed by atoms with Crippen LogP contribution in [0.2, 0.25) is 0 Å². The molecule has 0 atom stereocenters. The van der Waals surface area contributed by atoms with Crippen LogP contribution in [0.5, 0.6) is 0 Å². The summed E-state index contributed by atoms with van der Waals surface area (Å²) in [6.45, 7) is 2.67. The molecule has 3 amide bonds. The first-order valence-corrected chi connectivity index (χ1v) is 8.70. The van der Waals surface area contributed by atoms with E-state index in [1.54, 1.807) is 34.1 Å². The molecule has 0 N–H and O–H groups in total. The third kappa shape index (κ3) is 3.65. The van der Waals surface area contributed by atoms with Crippen LogP contribution in [-0.4, -0.2) is 77.7 Å². The van der Waals surface area contributed by atoms with Crippen LogP contribution in [0.15, 0.2) is 24.5 Å². The second kappa shape index (κ2) is 7.21. The van der Waals surface area contributed by atoms with Gasteiger partial charge in [-0.05, 0) is 37.0 Å². The average molecular weight is 344 g/mol. The van der Waals surface area contributed by atoms with E-state index >= 15 is 0 Å². The summed E-state index contributed by atoms with van der Waals surface area (Å²) in [5.74, 6) is -0.150. The first-order valence-electron chi connectivity index (χ1n) is 8.70. The lowest BCUT2D eigenvalue weighted by Gasteiger charge is -2.35. The van der Waals surface area contributed by atoms with E-state index in [-0.39, 0.29) is 11.8 Å². The zero-order valence-electron chi connectivity index (χ0n) is 14.6. The van der Waals surface area contributed by atoms with Gasteiger partial charge < -0.3 is 14.7 Å². The zero-order valence-corrected chi connectivity index (χ0v) is 14.6. The van der Waals surface area contributed by atoms with E-state index in [1.165, 1.54) is 0 Å². The van der Waals surface area contributed by atoms with Gasteiger partial charge in [0.05, 0.1) is 0 Å². The standard InChI is InChI=1S/C18H24N4O3/c1-20(9-4-15-2-7-19-8-3-15)16(24)18(5-6-18)17(25)22-12-10-21(14-23)11-13-22/h2-3,7-8,14H,4-6,9-13H2,1H3. The van der Waals surface area contributed by atoms with Crippen molar-refractivity contribution in [3.63, 3.8) is 0 Å². The van der Waals surface area contributed by atoms with Crippen LogP contribution in [-0.2, 0) is 20.8 Å². The lowest BCUT2D eigenvalue weighted by atomic mass is 10.0. The molecule has 2 fully saturated rings. The van der Waals surface area contributed by atoms with E-state index in [4.69, 9.17) is 0 Å². The Labute approximate surface area is 147 Å². The van der Waals surface area contributed by atoms with Gasteiger partial charge in [-0.15, -0.1) is 0 Å². The summed E-state index contributed by atoms with van der Waals surface area (Å²) in [6.07, 6.45) is 6.28. The van der Waals surface area contributed by atoms with Crippen molar-refractivity contribution >= 4 is 18.2 Å². The van der Waals surface area contributed by atoms with E-state index in [2.05, 4.69) is 4.98 Å². The van der Waals surface area contributed by atoms with Crippen LogP contribution in [0.1, 0.15) is 18.4 Å². The summed E-state index contributed by atoms with van der Waals surface area (Å²) in [6, 6.07) is 3.87. The second-order valence-corrected chi connectivity index (χ2v) is 6.85. The van der Waals surface area contributed by atoms with E-state index in [1.807, 2.05) is 12.1 Å². The number of pyridine rings is 1. The average Bonchev–Trinajstić information content (AvgIpc) is 3.47. The summed E-state index contributed by atoms with van der Waals surface area (Å²) in [5.41, 5.74) is 0.256. The fraction of sp³-hybridized carbons (Fsp3) is 0.556. The number of hydrogen-bond acceptors (Lipinski definition) is 4. The van der Waals surface area contributed by atoms with Gasteiger partial charge in [-0.25, -0.2) is 0 Å². The van der Waals surface area contributed by atoms with Gasteiger partial charge in [0.25, 0.3) is 0 Å². The molecule has 1 aromatic rings. The first kappa shape index (κ1) is 17.4. The summed E-state index contributed by atoms with van der Waals surface area (Å²) < 4.78 is 0. The minimum Gasteiger partial charge on any atom is -0.344 e. The number of likely N-dealkylation sites (N-methyl/N-ethyl adjacent to an activating group) is 1. The zero-order chi connectivity index (χ0) is 17.9. The van der Waals surface area contributed by atoms with Crippen LogP contribution in [0, 0.1) is 5.41 Å². The number of rotatable bonds is 6. The molecule has 0 spiro atoms. The minimum atomic E-state index is -0.865. The lowest BCUT2D eigenvalue weighted by molar-refractivity contribution is -0.150. The Balaban J connectivity index is 1.57. The molecule has 1 aliphatic carbocycles. The highest BCUT2D eigenvalue weighted by Gasteiger charge is 2.59. The van der Waals surface area contributed by atoms with Gasteiger partial charge in [0, 0.05) is 52.2 Å². The molecule has 134 valence electrons. The number of carbonyl (C=O) groups is 3. The summed E-state index contributed by atoms with van der Waals surface area (Å²) >= 11 is 0. The van der Waals surface area contributed by atoms with Gasteiger partial charge in [-0.1, -0.05) is 0 Å². The third-order valence-corrected chi connectivity index (χ3v) is 5.15. The molecule has 0 aromatic carbocycles. The summed E-state index contributed by atoms with van der Waals surface area (Å²) in [7, 11) is 1.77. The Bertz CT molecular complexity index is 637. The van der Waals surface area contributed by atoms with Crippen LogP contribution in [0.25, 0.3) is 0 Å². The fourth-order valence-corrected chi connectivity index (χ4v) is 3.29. The first-order chi connectivity index (χ1) is 12.1. The van der Waals surface area contributed by atoms with Gasteiger partial charge in [-0.2, -0.15) is 0 Å². The Morgan fingerprint density at radius 3 is 2.40 bits per heavy atom. The predicted octanol–water partition coefficient (Wildman–Crippen LogP) is 0.163. The lowest BCUT2D eigenvalue weighted by Crippen LogP contribution is -2.53. The minimum absolute atomic E-state index is 0.0705. The van der Waals surface area contributed by atoms with Gasteiger partial charge >= 0.3 is 0 Å². The Morgan fingerprint density at radius 2 is 1.84 bits per heavy atom. The normalized spacial score (nSPS) is 18.6. The maximum absolute atomic E-state index is 12.9. The van der Waals surface area contributed by atoms with Gasteiger partial charge in [0.2, 0.25) is 18.2 Å². The van der Waals surface area contributed by atoms with Crippen molar-refractivity contribution in [3.8, 4) is 0 Å². The number of nitrogens with zero attached hydrogens (tertiary/aromatic N) is 4. The van der Waals surface area contributed by atoms with E-state index in [0.717, 1.165) is 18.4 Å². The van der Waals surface area contributed by atoms with Crippen molar-refractivity contribution in [1.29, 1.82) is 0 Å². The van der Waals surface area contributed by atoms with Crippen LogP contribution in [0.3, 0.4) is 0 Å². The van der Waals surface area contributed by atoms with Gasteiger partial charge in [0.1, 0.15) is 5.41 Å². The number of carbonyl (C=O) groups excluding carboxylic acids is 3. The predicted molar refractivity (Wildman–Crippen MR) is 91.5 cm³/mol. The maximum Gasteiger partial charge on any atom is 0.238 e. The molecule has 1 saturated carbocycles. The highest BCUT2D eigenvalue weighted by molar-refractivity contribution is 6.07. The van der Waals surface area contributed by atoms with Crippen LogP contribution < -0.4 is 0 Å². The monoisotopic (exact) mass is 344 g/mol. The Morgan fingerprint density at radius 1 is 1.20 bits per heavy atom. The van der Waals surface area contributed by atoms with Crippen molar-refractivity contribution in [1.82, 2.24) is 19.7 Å². The van der Waals surface area contributed by atoms with Gasteiger partial charge in [-0.3, -0.25) is 19.4 Å². The van der Waals surface area contributed by atoms with Crippen molar-refractivity contribution in [2.45, 2.75) is 19.3 Å². The number of piperazine rings is 1. The molecule has 7 nitrogen and oxygen atoms in total. The SMILES string of the molecule is CN(CCc1ccncc1)C(=O)C1(C(=O)N2CCN(C=O)CC2)CC1. The number of hydrogen-bond donors (Lipinski definition) is 0. The quantitative estimate of drug-likeness (QED) is 0.544. The number of aromatic nitrogens is 1. The molecule has 0 bridgehead atoms. The molecule has 7 heteroatoms. The molecule has 0 radical (unpaired) electrons. The number of amides is 3. The topological polar surface area (TPSA) is 73.8 Å². The Hall–Kier alpha value is -2.44. The van der Waals surface area contributed by atoms with E-state index < -0.39 is 5.41 Å². The van der Waals surface area contributed by atoms with Crippen molar-refractivity contribution in [3.05, 3.63) is 30.1 Å². The van der Waals surface area contributed by atoms with Gasteiger partial charge in [0.15, 0.2) is 0 Å². The molecule has 2 heterocycles. The molecular formula is C18H24N4O3. The van der Waals surface area contributed by atoms with Crippen LogP contribution in [0.4, 0.5) is 0 Å². The second-order valence-electron chi connectivity index (χ2n) is 6.85. The molecule has 3 rings (SSSR count).